The molecule has 3 aliphatic rings. The summed E-state index contributed by atoms with van der Waals surface area (Å²) >= 11 is 0. The van der Waals surface area contributed by atoms with E-state index in [0.717, 1.165) is 46.2 Å². The molecule has 14 heteroatoms. The van der Waals surface area contributed by atoms with E-state index in [1.807, 2.05) is 30.0 Å². The molecule has 0 aliphatic carbocycles. The fourth-order valence-electron chi connectivity index (χ4n) is 8.51. The highest BCUT2D eigenvalue weighted by molar-refractivity contribution is 6.02. The number of fused-ring (bicyclic) bond motifs is 1. The summed E-state index contributed by atoms with van der Waals surface area (Å²) in [5.74, 6) is -0.803. The van der Waals surface area contributed by atoms with Crippen LogP contribution in [-0.2, 0) is 20.9 Å². The number of aromatic amines is 1. The number of piperidine rings is 2. The Bertz CT molecular complexity index is 2380. The molecule has 0 radical (unpaired) electrons. The highest BCUT2D eigenvalue weighted by Crippen LogP contribution is 2.41. The minimum absolute atomic E-state index is 0.00658. The fourth-order valence-corrected chi connectivity index (χ4v) is 8.51. The van der Waals surface area contributed by atoms with Gasteiger partial charge in [0.2, 0.25) is 17.7 Å². The number of aryl methyl sites for hydroxylation is 3. The average Bonchev–Trinajstić information content (AvgIpc) is 3.89. The zero-order valence-corrected chi connectivity index (χ0v) is 32.3. The number of amides is 3. The summed E-state index contributed by atoms with van der Waals surface area (Å²) < 4.78 is 39.2. The van der Waals surface area contributed by atoms with E-state index in [2.05, 4.69) is 51.1 Å². The molecule has 0 saturated carbocycles. The average molecular weight is 777 g/mol. The first kappa shape index (κ1) is 37.9. The number of aromatic nitrogens is 4. The van der Waals surface area contributed by atoms with E-state index in [-0.39, 0.29) is 36.4 Å². The SMILES string of the molecule is COc1cc(N2CCC(c3ccc(-c4cc(C5=CCCN(C(=O)CCn6ccnn6)C5)c(F)c5[nH]c(C)cc45)c(C)c3)CC2)c(F)cc1NC1CCC(=O)NC1=O. The topological polar surface area (TPSA) is 137 Å². The van der Waals surface area contributed by atoms with Gasteiger partial charge in [-0.15, -0.1) is 5.10 Å². The Morgan fingerprint density at radius 1 is 1.00 bits per heavy atom. The lowest BCUT2D eigenvalue weighted by molar-refractivity contribution is -0.134. The lowest BCUT2D eigenvalue weighted by Crippen LogP contribution is -2.47. The van der Waals surface area contributed by atoms with Gasteiger partial charge in [0.25, 0.3) is 0 Å². The van der Waals surface area contributed by atoms with Crippen LogP contribution in [0.2, 0.25) is 0 Å². The predicted octanol–water partition coefficient (Wildman–Crippen LogP) is 6.64. The maximum absolute atomic E-state index is 16.3. The maximum atomic E-state index is 16.3. The molecule has 3 aliphatic heterocycles. The van der Waals surface area contributed by atoms with E-state index in [0.29, 0.717) is 73.8 Å². The van der Waals surface area contributed by atoms with Crippen molar-refractivity contribution in [2.75, 3.05) is 43.5 Å². The quantitative estimate of drug-likeness (QED) is 0.134. The zero-order valence-electron chi connectivity index (χ0n) is 32.3. The number of carbonyl (C=O) groups excluding carboxylic acids is 3. The molecule has 8 rings (SSSR count). The standard InChI is InChI=1S/C43H46F2N8O4/c1-25-19-28(27-10-15-51(16-11-27)37-23-38(57-3)36(22-34(37)44)48-35-8-9-39(54)49-43(35)56)6-7-30(25)32-21-31(41(45)42-33(32)20-26(2)47-42)29-5-4-14-52(24-29)40(55)12-17-53-18-13-46-50-53/h5-7,13,18-23,27,35,47-48H,4,8-12,14-17,24H2,1-3H3,(H,49,54,56). The van der Waals surface area contributed by atoms with Crippen LogP contribution in [-0.4, -0.2) is 81.9 Å². The lowest BCUT2D eigenvalue weighted by atomic mass is 9.85. The molecular weight excluding hydrogens is 731 g/mol. The number of halogens is 2. The van der Waals surface area contributed by atoms with Crippen LogP contribution >= 0.6 is 0 Å². The second-order valence-electron chi connectivity index (χ2n) is 15.3. The number of H-pyrrole nitrogens is 1. The third-order valence-corrected chi connectivity index (χ3v) is 11.5. The number of benzene rings is 3. The summed E-state index contributed by atoms with van der Waals surface area (Å²) in [6, 6.07) is 12.8. The van der Waals surface area contributed by atoms with Gasteiger partial charge in [0.1, 0.15) is 17.6 Å². The first-order valence-corrected chi connectivity index (χ1v) is 19.5. The molecule has 296 valence electrons. The second kappa shape index (κ2) is 15.8. The van der Waals surface area contributed by atoms with Gasteiger partial charge < -0.3 is 24.8 Å². The molecule has 5 aromatic rings. The van der Waals surface area contributed by atoms with E-state index >= 15 is 8.78 Å². The van der Waals surface area contributed by atoms with Gasteiger partial charge in [0, 0.05) is 74.0 Å². The summed E-state index contributed by atoms with van der Waals surface area (Å²) in [6.45, 7) is 6.64. The minimum Gasteiger partial charge on any atom is -0.495 e. The summed E-state index contributed by atoms with van der Waals surface area (Å²) in [6.07, 6.45) is 8.45. The van der Waals surface area contributed by atoms with E-state index < -0.39 is 17.8 Å². The Kier molecular flexibility index (Phi) is 10.5. The monoisotopic (exact) mass is 776 g/mol. The van der Waals surface area contributed by atoms with Crippen LogP contribution in [0.15, 0.2) is 60.9 Å². The smallest absolute Gasteiger partial charge is 0.249 e. The van der Waals surface area contributed by atoms with Crippen molar-refractivity contribution in [2.24, 2.45) is 0 Å². The molecule has 3 N–H and O–H groups in total. The number of hydrogen-bond donors (Lipinski definition) is 3. The molecule has 2 fully saturated rings. The molecule has 1 atom stereocenters. The Labute approximate surface area is 329 Å². The van der Waals surface area contributed by atoms with Crippen LogP contribution < -0.4 is 20.3 Å². The number of methoxy groups -OCH3 is 1. The van der Waals surface area contributed by atoms with E-state index in [9.17, 15) is 14.4 Å². The molecule has 0 bridgehead atoms. The number of hydrogen-bond acceptors (Lipinski definition) is 8. The van der Waals surface area contributed by atoms with Gasteiger partial charge in [0.15, 0.2) is 5.82 Å². The first-order valence-electron chi connectivity index (χ1n) is 19.5. The normalized spacial score (nSPS) is 17.8. The molecule has 2 saturated heterocycles. The van der Waals surface area contributed by atoms with Crippen molar-refractivity contribution in [3.8, 4) is 16.9 Å². The highest BCUT2D eigenvalue weighted by atomic mass is 19.1. The number of carbonyl (C=O) groups is 3. The molecular formula is C43H46F2N8O4. The van der Waals surface area contributed by atoms with Gasteiger partial charge in [-0.2, -0.15) is 0 Å². The minimum atomic E-state index is -0.657. The van der Waals surface area contributed by atoms with Gasteiger partial charge in [-0.25, -0.2) is 8.78 Å². The van der Waals surface area contributed by atoms with Crippen molar-refractivity contribution in [1.29, 1.82) is 0 Å². The molecule has 12 nitrogen and oxygen atoms in total. The van der Waals surface area contributed by atoms with Crippen LogP contribution in [0, 0.1) is 25.5 Å². The number of nitrogens with zero attached hydrogens (tertiary/aromatic N) is 5. The largest absolute Gasteiger partial charge is 0.495 e. The van der Waals surface area contributed by atoms with Crippen LogP contribution in [0.25, 0.3) is 27.6 Å². The lowest BCUT2D eigenvalue weighted by Gasteiger charge is -2.34. The molecule has 3 aromatic carbocycles. The Morgan fingerprint density at radius 2 is 1.82 bits per heavy atom. The molecule has 57 heavy (non-hydrogen) atoms. The van der Waals surface area contributed by atoms with Gasteiger partial charge >= 0.3 is 0 Å². The first-order chi connectivity index (χ1) is 27.6. The Morgan fingerprint density at radius 3 is 2.56 bits per heavy atom. The van der Waals surface area contributed by atoms with Gasteiger partial charge in [-0.1, -0.05) is 29.5 Å². The van der Waals surface area contributed by atoms with Crippen LogP contribution in [0.1, 0.15) is 66.8 Å². The van der Waals surface area contributed by atoms with Gasteiger partial charge in [-0.3, -0.25) is 24.4 Å². The molecule has 2 aromatic heterocycles. The van der Waals surface area contributed by atoms with Gasteiger partial charge in [0.05, 0.1) is 36.7 Å². The van der Waals surface area contributed by atoms with E-state index in [1.165, 1.54) is 18.7 Å². The zero-order chi connectivity index (χ0) is 39.8. The molecule has 5 heterocycles. The number of rotatable bonds is 10. The highest BCUT2D eigenvalue weighted by Gasteiger charge is 2.30. The maximum Gasteiger partial charge on any atom is 0.249 e. The van der Waals surface area contributed by atoms with E-state index in [4.69, 9.17) is 4.74 Å². The van der Waals surface area contributed by atoms with Crippen molar-refractivity contribution in [3.63, 3.8) is 0 Å². The number of anilines is 2. The molecule has 0 spiro atoms. The predicted molar refractivity (Wildman–Crippen MR) is 214 cm³/mol. The number of nitrogens with one attached hydrogen (secondary N) is 3. The number of imide groups is 1. The summed E-state index contributed by atoms with van der Waals surface area (Å²) in [5.41, 5.74) is 7.62. The van der Waals surface area contributed by atoms with Crippen LogP contribution in [0.3, 0.4) is 0 Å². The van der Waals surface area contributed by atoms with Crippen molar-refractivity contribution in [1.82, 2.24) is 30.2 Å². The summed E-state index contributed by atoms with van der Waals surface area (Å²) in [4.78, 5) is 44.1. The van der Waals surface area contributed by atoms with Crippen molar-refractivity contribution in [2.45, 2.75) is 70.9 Å². The Balaban J connectivity index is 0.981. The third kappa shape index (κ3) is 7.72. The van der Waals surface area contributed by atoms with Crippen molar-refractivity contribution in [3.05, 3.63) is 95.0 Å². The Hall–Kier alpha value is -6.05. The van der Waals surface area contributed by atoms with Crippen LogP contribution in [0.5, 0.6) is 5.75 Å². The van der Waals surface area contributed by atoms with E-state index in [1.54, 1.807) is 28.0 Å². The molecule has 1 unspecified atom stereocenters. The summed E-state index contributed by atoms with van der Waals surface area (Å²) in [5, 5.41) is 13.9. The van der Waals surface area contributed by atoms with Gasteiger partial charge in [-0.05, 0) is 85.4 Å². The van der Waals surface area contributed by atoms with Crippen molar-refractivity contribution < 1.29 is 27.9 Å². The second-order valence-corrected chi connectivity index (χ2v) is 15.3. The molecule has 3 amide bonds. The third-order valence-electron chi connectivity index (χ3n) is 11.5. The fraction of sp³-hybridized carbons (Fsp3) is 0.372. The summed E-state index contributed by atoms with van der Waals surface area (Å²) in [7, 11) is 1.51. The number of ether oxygens (including phenoxy) is 1. The van der Waals surface area contributed by atoms with Crippen molar-refractivity contribution >= 4 is 45.6 Å². The van der Waals surface area contributed by atoms with Crippen LogP contribution in [0.4, 0.5) is 20.2 Å².